The molecule has 2 aliphatic carbocycles. The first kappa shape index (κ1) is 37.1. The number of allylic oxidation sites excluding steroid dienone is 2. The fraction of sp³-hybridized carbons (Fsp3) is 0.211. The number of ketones is 4. The number of Topliss-reactive ketones (excluding diaryl/α,β-unsaturated/α-hetero) is 4. The van der Waals surface area contributed by atoms with Gasteiger partial charge in [-0.05, 0) is 88.4 Å². The number of hydrogen-bond acceptors (Lipinski definition) is 10. The van der Waals surface area contributed by atoms with Gasteiger partial charge in [-0.3, -0.25) is 19.2 Å². The van der Waals surface area contributed by atoms with Crippen LogP contribution in [0.1, 0.15) is 97.0 Å². The number of halogens is 6. The Morgan fingerprint density at radius 1 is 0.444 bits per heavy atom. The van der Waals surface area contributed by atoms with Crippen molar-refractivity contribution in [2.75, 3.05) is 0 Å². The van der Waals surface area contributed by atoms with Crippen LogP contribution in [-0.2, 0) is 5.41 Å². The minimum absolute atomic E-state index is 0.00705. The van der Waals surface area contributed by atoms with Gasteiger partial charge in [0.25, 0.3) is 0 Å². The van der Waals surface area contributed by atoms with Crippen molar-refractivity contribution in [3.05, 3.63) is 111 Å². The van der Waals surface area contributed by atoms with Gasteiger partial charge in [-0.15, -0.1) is 68.0 Å². The predicted molar refractivity (Wildman–Crippen MR) is 205 cm³/mol. The Labute approximate surface area is 327 Å². The summed E-state index contributed by atoms with van der Waals surface area (Å²) >= 11 is 5.97. The molecule has 16 heteroatoms. The summed E-state index contributed by atoms with van der Waals surface area (Å²) in [5.41, 5.74) is -5.87. The summed E-state index contributed by atoms with van der Waals surface area (Å²) in [6.07, 6.45) is 0. The Kier molecular flexibility index (Phi) is 8.49. The van der Waals surface area contributed by atoms with E-state index in [9.17, 15) is 19.2 Å². The zero-order chi connectivity index (χ0) is 38.9. The summed E-state index contributed by atoms with van der Waals surface area (Å²) in [5, 5.41) is 0. The lowest BCUT2D eigenvalue weighted by atomic mass is 9.78. The number of thiophene rings is 6. The summed E-state index contributed by atoms with van der Waals surface area (Å²) in [4.78, 5) is 53.3. The van der Waals surface area contributed by atoms with Gasteiger partial charge in [0, 0.05) is 61.3 Å². The molecule has 6 aromatic heterocycles. The summed E-state index contributed by atoms with van der Waals surface area (Å²) in [6.45, 7) is 5.37. The second kappa shape index (κ2) is 12.4. The smallest absolute Gasteiger partial charge is 0.294 e. The van der Waals surface area contributed by atoms with Crippen LogP contribution >= 0.6 is 68.0 Å². The Morgan fingerprint density at radius 2 is 0.778 bits per heavy atom. The molecule has 0 aliphatic heterocycles. The highest BCUT2D eigenvalue weighted by atomic mass is 32.1. The second-order valence-electron chi connectivity index (χ2n) is 12.8. The van der Waals surface area contributed by atoms with Gasteiger partial charge in [-0.25, -0.2) is 0 Å². The number of fused-ring (bicyclic) bond motifs is 4. The molecule has 0 fully saturated rings. The van der Waals surface area contributed by atoms with E-state index in [1.165, 1.54) is 64.1 Å². The summed E-state index contributed by atoms with van der Waals surface area (Å²) in [6, 6.07) is 14.9. The first-order valence-corrected chi connectivity index (χ1v) is 20.8. The first-order valence-electron chi connectivity index (χ1n) is 15.9. The van der Waals surface area contributed by atoms with E-state index in [4.69, 9.17) is 0 Å². The third-order valence-electron chi connectivity index (χ3n) is 9.39. The lowest BCUT2D eigenvalue weighted by Gasteiger charge is -2.34. The predicted octanol–water partition coefficient (Wildman–Crippen LogP) is 12.7. The van der Waals surface area contributed by atoms with Crippen molar-refractivity contribution >= 4 is 102 Å². The standard InChI is InChI=1S/C38H22F6O4S6/c1-15(45)21-5-7-25(49-21)27-13-19-31-32(37(41,42)38(43,44)36(31,39)40)20-14-28(26-8-6-22(50-26)16(2)46)54-34(20)35(33(19)53-27,29-11-9-23(51-29)17(3)47)30-12-10-24(52-30)18(4)48/h5-14H,1-4H3. The second-order valence-corrected chi connectivity index (χ2v) is 19.2. The molecule has 0 N–H and O–H groups in total. The topological polar surface area (TPSA) is 68.3 Å². The fourth-order valence-electron chi connectivity index (χ4n) is 6.83. The molecule has 0 amide bonds. The highest BCUT2D eigenvalue weighted by molar-refractivity contribution is 7.25. The average molecular weight is 849 g/mol. The van der Waals surface area contributed by atoms with Crippen LogP contribution < -0.4 is 0 Å². The average Bonchev–Trinajstić information content (AvgIpc) is 3.95. The summed E-state index contributed by atoms with van der Waals surface area (Å²) in [7, 11) is 0. The van der Waals surface area contributed by atoms with E-state index in [1.807, 2.05) is 0 Å². The van der Waals surface area contributed by atoms with E-state index >= 15 is 26.3 Å². The molecule has 0 spiro atoms. The minimum Gasteiger partial charge on any atom is -0.294 e. The van der Waals surface area contributed by atoms with Gasteiger partial charge in [0.05, 0.1) is 19.5 Å². The molecule has 4 nitrogen and oxygen atoms in total. The van der Waals surface area contributed by atoms with Crippen LogP contribution in [0, 0.1) is 0 Å². The molecule has 0 atom stereocenters. The molecule has 276 valence electrons. The largest absolute Gasteiger partial charge is 0.380 e. The van der Waals surface area contributed by atoms with Gasteiger partial charge in [-0.1, -0.05) is 0 Å². The molecule has 54 heavy (non-hydrogen) atoms. The quantitative estimate of drug-likeness (QED) is 0.113. The van der Waals surface area contributed by atoms with Crippen LogP contribution in [0.2, 0.25) is 0 Å². The lowest BCUT2D eigenvalue weighted by molar-refractivity contribution is -0.254. The SMILES string of the molecule is CC(=O)c1ccc(-c2cc3c(s2)C(c2ccc(C(C)=O)s2)(c2ccc(C(C)=O)s2)c2sc(-c4ccc(C(C)=O)s4)cc2C2=C3C(F)(F)C(F)(F)C2(F)F)s1. The van der Waals surface area contributed by atoms with Crippen molar-refractivity contribution in [2.45, 2.75) is 50.9 Å². The summed E-state index contributed by atoms with van der Waals surface area (Å²) in [5.74, 6) is -17.7. The van der Waals surface area contributed by atoms with Crippen molar-refractivity contribution in [2.24, 2.45) is 0 Å². The van der Waals surface area contributed by atoms with Crippen LogP contribution in [0.4, 0.5) is 26.3 Å². The van der Waals surface area contributed by atoms with Gasteiger partial charge in [-0.2, -0.15) is 26.3 Å². The lowest BCUT2D eigenvalue weighted by Crippen LogP contribution is -2.49. The number of carbonyl (C=O) groups is 4. The van der Waals surface area contributed by atoms with Crippen LogP contribution in [0.3, 0.4) is 0 Å². The maximum absolute atomic E-state index is 16.5. The van der Waals surface area contributed by atoms with Crippen LogP contribution in [0.15, 0.2) is 60.7 Å². The highest BCUT2D eigenvalue weighted by Gasteiger charge is 2.81. The monoisotopic (exact) mass is 848 g/mol. The molecular weight excluding hydrogens is 827 g/mol. The van der Waals surface area contributed by atoms with Gasteiger partial charge in [0.1, 0.15) is 5.41 Å². The van der Waals surface area contributed by atoms with Gasteiger partial charge in [0.15, 0.2) is 23.1 Å². The van der Waals surface area contributed by atoms with Crippen molar-refractivity contribution in [1.82, 2.24) is 0 Å². The Morgan fingerprint density at radius 3 is 1.09 bits per heavy atom. The molecule has 0 unspecified atom stereocenters. The molecule has 8 rings (SSSR count). The fourth-order valence-corrected chi connectivity index (χ4v) is 14.2. The Bertz CT molecular complexity index is 2460. The van der Waals surface area contributed by atoms with Crippen LogP contribution in [0.25, 0.3) is 30.7 Å². The third kappa shape index (κ3) is 5.02. The van der Waals surface area contributed by atoms with E-state index in [0.29, 0.717) is 29.3 Å². The van der Waals surface area contributed by atoms with E-state index < -0.39 is 45.5 Å². The van der Waals surface area contributed by atoms with E-state index in [1.54, 1.807) is 24.3 Å². The van der Waals surface area contributed by atoms with Crippen molar-refractivity contribution < 1.29 is 45.5 Å². The molecule has 0 aromatic carbocycles. The van der Waals surface area contributed by atoms with Crippen molar-refractivity contribution in [3.8, 4) is 19.5 Å². The number of rotatable bonds is 8. The molecule has 6 heterocycles. The molecule has 0 bridgehead atoms. The number of hydrogen-bond donors (Lipinski definition) is 0. The van der Waals surface area contributed by atoms with Crippen molar-refractivity contribution in [1.29, 1.82) is 0 Å². The van der Waals surface area contributed by atoms with E-state index in [-0.39, 0.29) is 52.4 Å². The van der Waals surface area contributed by atoms with Crippen LogP contribution in [0.5, 0.6) is 0 Å². The molecule has 0 saturated heterocycles. The van der Waals surface area contributed by atoms with Crippen LogP contribution in [-0.4, -0.2) is 40.9 Å². The summed E-state index contributed by atoms with van der Waals surface area (Å²) < 4.78 is 97.4. The highest BCUT2D eigenvalue weighted by Crippen LogP contribution is 2.71. The zero-order valence-corrected chi connectivity index (χ0v) is 33.0. The molecule has 6 aromatic rings. The molecular formula is C38H22F6O4S6. The Balaban J connectivity index is 1.59. The maximum atomic E-state index is 16.5. The van der Waals surface area contributed by atoms with E-state index in [0.717, 1.165) is 68.0 Å². The normalized spacial score (nSPS) is 17.5. The molecule has 0 saturated carbocycles. The number of alkyl halides is 6. The first-order chi connectivity index (χ1) is 25.3. The zero-order valence-electron chi connectivity index (χ0n) is 28.1. The van der Waals surface area contributed by atoms with Crippen molar-refractivity contribution in [3.63, 3.8) is 0 Å². The van der Waals surface area contributed by atoms with Gasteiger partial charge < -0.3 is 0 Å². The Hall–Kier alpha value is -3.80. The van der Waals surface area contributed by atoms with E-state index in [2.05, 4.69) is 0 Å². The molecule has 2 aliphatic rings. The van der Waals surface area contributed by atoms with Gasteiger partial charge in [0.2, 0.25) is 0 Å². The van der Waals surface area contributed by atoms with Gasteiger partial charge >= 0.3 is 17.8 Å². The number of carbonyl (C=O) groups excluding carboxylic acids is 4. The molecule has 0 radical (unpaired) electrons. The minimum atomic E-state index is -5.83. The maximum Gasteiger partial charge on any atom is 0.380 e. The third-order valence-corrected chi connectivity index (χ3v) is 17.3.